The summed E-state index contributed by atoms with van der Waals surface area (Å²) in [7, 11) is -3.72. The molecule has 0 spiro atoms. The Bertz CT molecular complexity index is 1010. The Balaban J connectivity index is 1.58. The third-order valence-corrected chi connectivity index (χ3v) is 6.39. The number of urea groups is 1. The molecule has 1 aliphatic heterocycles. The smallest absolute Gasteiger partial charge is 0.333 e. The molecule has 30 heavy (non-hydrogen) atoms. The molecule has 0 bridgehead atoms. The molecule has 2 aromatic carbocycles. The second-order valence-electron chi connectivity index (χ2n) is 6.39. The van der Waals surface area contributed by atoms with Crippen LogP contribution in [0.5, 0.6) is 0 Å². The summed E-state index contributed by atoms with van der Waals surface area (Å²) < 4.78 is 45.3. The zero-order valence-corrected chi connectivity index (χ0v) is 16.7. The van der Waals surface area contributed by atoms with E-state index in [-0.39, 0.29) is 30.1 Å². The van der Waals surface area contributed by atoms with Crippen LogP contribution in [-0.4, -0.2) is 51.0 Å². The number of hydrazine groups is 1. The Morgan fingerprint density at radius 3 is 2.37 bits per heavy atom. The number of hydrogen-bond acceptors (Lipinski definition) is 5. The molecule has 2 aromatic rings. The number of carbonyl (C=O) groups is 2. The summed E-state index contributed by atoms with van der Waals surface area (Å²) in [6.45, 7) is 1.11. The van der Waals surface area contributed by atoms with Gasteiger partial charge < -0.3 is 10.1 Å². The summed E-state index contributed by atoms with van der Waals surface area (Å²) in [6, 6.07) is 10.4. The van der Waals surface area contributed by atoms with Gasteiger partial charge in [-0.05, 0) is 35.9 Å². The number of benzene rings is 2. The first-order valence-corrected chi connectivity index (χ1v) is 10.6. The van der Waals surface area contributed by atoms with E-state index in [1.54, 1.807) is 18.2 Å². The minimum Gasteiger partial charge on any atom is -0.379 e. The number of hydrogen-bond donors (Lipinski definition) is 3. The van der Waals surface area contributed by atoms with E-state index >= 15 is 0 Å². The lowest BCUT2D eigenvalue weighted by atomic mass is 10.2. The monoisotopic (exact) mass is 436 g/mol. The van der Waals surface area contributed by atoms with E-state index < -0.39 is 27.8 Å². The Kier molecular flexibility index (Phi) is 6.98. The van der Waals surface area contributed by atoms with Crippen LogP contribution in [0.25, 0.3) is 0 Å². The number of nitrogens with zero attached hydrogens (tertiary/aromatic N) is 1. The predicted octanol–water partition coefficient (Wildman–Crippen LogP) is 0.991. The first-order chi connectivity index (χ1) is 14.4. The maximum Gasteiger partial charge on any atom is 0.333 e. The normalized spacial score (nSPS) is 14.7. The van der Waals surface area contributed by atoms with Crippen molar-refractivity contribution in [1.82, 2.24) is 20.5 Å². The fourth-order valence-corrected chi connectivity index (χ4v) is 4.46. The van der Waals surface area contributed by atoms with Crippen molar-refractivity contribution in [3.05, 3.63) is 65.5 Å². The largest absolute Gasteiger partial charge is 0.379 e. The van der Waals surface area contributed by atoms with E-state index in [9.17, 15) is 22.4 Å². The standard InChI is InChI=1S/C19H21FN4O5S/c20-16-7-5-14(6-8-16)18(25)22-23-19(26)21-13-15-3-1-2-4-17(15)30(27,28)24-9-11-29-12-10-24/h1-8H,9-13H2,(H,22,25)(H2,21,23,26). The fraction of sp³-hybridized carbons (Fsp3) is 0.263. The first-order valence-electron chi connectivity index (χ1n) is 9.13. The lowest BCUT2D eigenvalue weighted by Crippen LogP contribution is -2.46. The number of sulfonamides is 1. The van der Waals surface area contributed by atoms with Gasteiger partial charge in [0.2, 0.25) is 10.0 Å². The van der Waals surface area contributed by atoms with Gasteiger partial charge in [0.15, 0.2) is 0 Å². The van der Waals surface area contributed by atoms with Gasteiger partial charge in [-0.15, -0.1) is 0 Å². The molecule has 1 heterocycles. The van der Waals surface area contributed by atoms with Gasteiger partial charge in [-0.1, -0.05) is 18.2 Å². The number of carbonyl (C=O) groups excluding carboxylic acids is 2. The van der Waals surface area contributed by atoms with E-state index in [1.165, 1.54) is 22.5 Å². The van der Waals surface area contributed by atoms with Crippen molar-refractivity contribution in [3.63, 3.8) is 0 Å². The predicted molar refractivity (Wildman–Crippen MR) is 105 cm³/mol. The van der Waals surface area contributed by atoms with Gasteiger partial charge in [-0.25, -0.2) is 23.0 Å². The third kappa shape index (κ3) is 5.32. The van der Waals surface area contributed by atoms with Crippen molar-refractivity contribution in [1.29, 1.82) is 0 Å². The summed E-state index contributed by atoms with van der Waals surface area (Å²) in [6.07, 6.45) is 0. The van der Waals surface area contributed by atoms with Crippen molar-refractivity contribution in [2.45, 2.75) is 11.4 Å². The molecule has 0 saturated carbocycles. The van der Waals surface area contributed by atoms with Crippen LogP contribution in [0.1, 0.15) is 15.9 Å². The van der Waals surface area contributed by atoms with Crippen LogP contribution in [0.3, 0.4) is 0 Å². The zero-order valence-electron chi connectivity index (χ0n) is 15.9. The highest BCUT2D eigenvalue weighted by molar-refractivity contribution is 7.89. The first kappa shape index (κ1) is 21.7. The fourth-order valence-electron chi connectivity index (χ4n) is 2.83. The zero-order chi connectivity index (χ0) is 21.6. The number of ether oxygens (including phenoxy) is 1. The van der Waals surface area contributed by atoms with Crippen LogP contribution in [0.4, 0.5) is 9.18 Å². The molecule has 1 aliphatic rings. The number of rotatable bonds is 5. The Morgan fingerprint density at radius 2 is 1.67 bits per heavy atom. The van der Waals surface area contributed by atoms with Gasteiger partial charge in [0, 0.05) is 25.2 Å². The molecule has 0 unspecified atom stereocenters. The number of halogens is 1. The minimum absolute atomic E-state index is 0.0714. The molecule has 3 amide bonds. The third-order valence-electron chi connectivity index (χ3n) is 4.40. The molecule has 3 N–H and O–H groups in total. The van der Waals surface area contributed by atoms with Crippen LogP contribution in [0, 0.1) is 5.82 Å². The quantitative estimate of drug-likeness (QED) is 0.605. The molecule has 0 aromatic heterocycles. The highest BCUT2D eigenvalue weighted by atomic mass is 32.2. The van der Waals surface area contributed by atoms with Gasteiger partial charge in [0.05, 0.1) is 18.1 Å². The van der Waals surface area contributed by atoms with E-state index in [0.717, 1.165) is 12.1 Å². The topological polar surface area (TPSA) is 117 Å². The van der Waals surface area contributed by atoms with Gasteiger partial charge in [-0.2, -0.15) is 4.31 Å². The van der Waals surface area contributed by atoms with Crippen molar-refractivity contribution in [2.75, 3.05) is 26.3 Å². The summed E-state index contributed by atoms with van der Waals surface area (Å²) in [4.78, 5) is 24.0. The van der Waals surface area contributed by atoms with E-state index in [0.29, 0.717) is 18.8 Å². The lowest BCUT2D eigenvalue weighted by molar-refractivity contribution is 0.0730. The van der Waals surface area contributed by atoms with Crippen LogP contribution < -0.4 is 16.2 Å². The molecule has 160 valence electrons. The molecule has 0 aliphatic carbocycles. The van der Waals surface area contributed by atoms with Crippen LogP contribution >= 0.6 is 0 Å². The van der Waals surface area contributed by atoms with Crippen molar-refractivity contribution in [3.8, 4) is 0 Å². The summed E-state index contributed by atoms with van der Waals surface area (Å²) in [5.74, 6) is -1.11. The van der Waals surface area contributed by atoms with Crippen molar-refractivity contribution in [2.24, 2.45) is 0 Å². The molecule has 11 heteroatoms. The van der Waals surface area contributed by atoms with Gasteiger partial charge in [0.1, 0.15) is 5.82 Å². The average molecular weight is 436 g/mol. The second kappa shape index (κ2) is 9.65. The van der Waals surface area contributed by atoms with Gasteiger partial charge in [0.25, 0.3) is 5.91 Å². The Hall–Kier alpha value is -3.02. The summed E-state index contributed by atoms with van der Waals surface area (Å²) in [5.41, 5.74) is 4.93. The molecular formula is C19H21FN4O5S. The summed E-state index contributed by atoms with van der Waals surface area (Å²) in [5, 5.41) is 2.50. The molecule has 1 fully saturated rings. The number of amides is 3. The van der Waals surface area contributed by atoms with Gasteiger partial charge in [-0.3, -0.25) is 10.2 Å². The Labute approximate surface area is 173 Å². The van der Waals surface area contributed by atoms with E-state index in [1.807, 2.05) is 0 Å². The maximum absolute atomic E-state index is 12.9. The number of morpholine rings is 1. The maximum atomic E-state index is 12.9. The highest BCUT2D eigenvalue weighted by Crippen LogP contribution is 2.21. The minimum atomic E-state index is -3.72. The molecule has 9 nitrogen and oxygen atoms in total. The van der Waals surface area contributed by atoms with Crippen molar-refractivity contribution >= 4 is 22.0 Å². The van der Waals surface area contributed by atoms with E-state index in [2.05, 4.69) is 16.2 Å². The molecular weight excluding hydrogens is 415 g/mol. The molecule has 0 atom stereocenters. The van der Waals surface area contributed by atoms with Crippen LogP contribution in [0.15, 0.2) is 53.4 Å². The Morgan fingerprint density at radius 1 is 1.00 bits per heavy atom. The molecule has 3 rings (SSSR count). The summed E-state index contributed by atoms with van der Waals surface area (Å²) >= 11 is 0. The molecule has 1 saturated heterocycles. The molecule has 0 radical (unpaired) electrons. The second-order valence-corrected chi connectivity index (χ2v) is 8.30. The van der Waals surface area contributed by atoms with Crippen molar-refractivity contribution < 1.29 is 27.1 Å². The average Bonchev–Trinajstić information content (AvgIpc) is 2.77. The SMILES string of the molecule is O=C(NCc1ccccc1S(=O)(=O)N1CCOCC1)NNC(=O)c1ccc(F)cc1. The van der Waals surface area contributed by atoms with Gasteiger partial charge >= 0.3 is 6.03 Å². The van der Waals surface area contributed by atoms with Crippen LogP contribution in [0.2, 0.25) is 0 Å². The number of nitrogens with one attached hydrogen (secondary N) is 3. The van der Waals surface area contributed by atoms with E-state index in [4.69, 9.17) is 4.74 Å². The lowest BCUT2D eigenvalue weighted by Gasteiger charge is -2.27. The van der Waals surface area contributed by atoms with Crippen LogP contribution in [-0.2, 0) is 21.3 Å². The highest BCUT2D eigenvalue weighted by Gasteiger charge is 2.28.